The molecule has 1 aliphatic heterocycles. The van der Waals surface area contributed by atoms with Crippen LogP contribution in [0.15, 0.2) is 58.7 Å². The number of amidine groups is 1. The molecule has 2 N–H and O–H groups in total. The molecule has 1 aromatic heterocycles. The molecular weight excluding hydrogens is 316 g/mol. The van der Waals surface area contributed by atoms with E-state index < -0.39 is 10.0 Å². The number of carbonyl (C=O) groups excluding carboxylic acids is 1. The molecule has 0 spiro atoms. The van der Waals surface area contributed by atoms with E-state index in [-0.39, 0.29) is 17.3 Å². The number of fused-ring (bicyclic) bond motifs is 1. The van der Waals surface area contributed by atoms with Crippen molar-refractivity contribution in [1.82, 2.24) is 15.0 Å². The van der Waals surface area contributed by atoms with E-state index in [0.29, 0.717) is 23.5 Å². The molecule has 0 fully saturated rings. The summed E-state index contributed by atoms with van der Waals surface area (Å²) in [6.45, 7) is 0.555. The zero-order chi connectivity index (χ0) is 16.3. The number of rotatable bonds is 4. The highest BCUT2D eigenvalue weighted by molar-refractivity contribution is 7.90. The van der Waals surface area contributed by atoms with Gasteiger partial charge in [-0.25, -0.2) is 8.42 Å². The van der Waals surface area contributed by atoms with Gasteiger partial charge in [-0.1, -0.05) is 12.1 Å². The van der Waals surface area contributed by atoms with Crippen LogP contribution in [0, 0.1) is 0 Å². The number of carbonyl (C=O) groups is 1. The minimum Gasteiger partial charge on any atom is -0.350 e. The zero-order valence-electron chi connectivity index (χ0n) is 12.1. The molecule has 0 radical (unpaired) electrons. The molecule has 1 aliphatic rings. The third-order valence-corrected chi connectivity index (χ3v) is 4.65. The van der Waals surface area contributed by atoms with Gasteiger partial charge in [0.2, 0.25) is 0 Å². The summed E-state index contributed by atoms with van der Waals surface area (Å²) in [5.41, 5.74) is 1.01. The number of aliphatic imine (C=N–C) groups is 1. The smallest absolute Gasteiger partial charge is 0.263 e. The van der Waals surface area contributed by atoms with Crippen molar-refractivity contribution in [2.24, 2.45) is 4.99 Å². The van der Waals surface area contributed by atoms with Crippen LogP contribution in [-0.2, 0) is 10.0 Å². The Balaban J connectivity index is 1.63. The Bertz CT molecular complexity index is 863. The highest BCUT2D eigenvalue weighted by Gasteiger charge is 2.29. The Morgan fingerprint density at radius 3 is 2.83 bits per heavy atom. The summed E-state index contributed by atoms with van der Waals surface area (Å²) in [5.74, 6) is 0.0573. The maximum Gasteiger partial charge on any atom is 0.263 e. The molecule has 2 heterocycles. The first kappa shape index (κ1) is 15.2. The van der Waals surface area contributed by atoms with E-state index in [1.165, 1.54) is 12.3 Å². The summed E-state index contributed by atoms with van der Waals surface area (Å²) in [5, 5.41) is 2.70. The molecule has 7 nitrogen and oxygen atoms in total. The summed E-state index contributed by atoms with van der Waals surface area (Å²) in [4.78, 5) is 20.1. The number of aromatic nitrogens is 1. The molecular formula is C15H14N4O3S. The van der Waals surface area contributed by atoms with Crippen molar-refractivity contribution in [2.45, 2.75) is 4.90 Å². The molecule has 2 aromatic rings. The second-order valence-electron chi connectivity index (χ2n) is 4.83. The number of amides is 1. The first-order valence-electron chi connectivity index (χ1n) is 6.93. The van der Waals surface area contributed by atoms with Crippen molar-refractivity contribution in [3.63, 3.8) is 0 Å². The quantitative estimate of drug-likeness (QED) is 0.800. The van der Waals surface area contributed by atoms with E-state index in [1.54, 1.807) is 36.5 Å². The van der Waals surface area contributed by atoms with Crippen LogP contribution in [0.25, 0.3) is 0 Å². The predicted octanol–water partition coefficient (Wildman–Crippen LogP) is 0.550. The van der Waals surface area contributed by atoms with Crippen molar-refractivity contribution in [3.8, 4) is 0 Å². The fourth-order valence-corrected chi connectivity index (χ4v) is 3.44. The van der Waals surface area contributed by atoms with Gasteiger partial charge in [-0.05, 0) is 24.3 Å². The monoisotopic (exact) mass is 330 g/mol. The van der Waals surface area contributed by atoms with Gasteiger partial charge in [-0.15, -0.1) is 0 Å². The van der Waals surface area contributed by atoms with Gasteiger partial charge in [0.1, 0.15) is 5.84 Å². The Labute approximate surface area is 133 Å². The highest BCUT2D eigenvalue weighted by atomic mass is 32.2. The molecule has 1 aromatic carbocycles. The highest BCUT2D eigenvalue weighted by Crippen LogP contribution is 2.21. The van der Waals surface area contributed by atoms with Gasteiger partial charge in [0, 0.05) is 24.5 Å². The third-order valence-electron chi connectivity index (χ3n) is 3.25. The fourth-order valence-electron chi connectivity index (χ4n) is 2.19. The summed E-state index contributed by atoms with van der Waals surface area (Å²) >= 11 is 0. The molecule has 1 amide bonds. The third kappa shape index (κ3) is 3.21. The maximum absolute atomic E-state index is 11.9. The number of nitrogens with one attached hydrogen (secondary N) is 2. The Morgan fingerprint density at radius 1 is 1.22 bits per heavy atom. The largest absolute Gasteiger partial charge is 0.350 e. The van der Waals surface area contributed by atoms with Gasteiger partial charge in [0.25, 0.3) is 15.9 Å². The topological polar surface area (TPSA) is 101 Å². The second kappa shape index (κ2) is 6.17. The Kier molecular flexibility index (Phi) is 4.07. The molecule has 8 heteroatoms. The van der Waals surface area contributed by atoms with E-state index in [2.05, 4.69) is 20.0 Å². The minimum absolute atomic E-state index is 0.221. The van der Waals surface area contributed by atoms with Gasteiger partial charge in [-0.3, -0.25) is 19.5 Å². The van der Waals surface area contributed by atoms with Crippen LogP contribution < -0.4 is 10.0 Å². The lowest BCUT2D eigenvalue weighted by Gasteiger charge is -2.03. The van der Waals surface area contributed by atoms with E-state index in [1.807, 2.05) is 0 Å². The SMILES string of the molecule is O=C(NCCN=C1NS(=O)(=O)c2ccccc21)c1cccnc1. The Hall–Kier alpha value is -2.74. The first-order chi connectivity index (χ1) is 11.1. The summed E-state index contributed by atoms with van der Waals surface area (Å²) < 4.78 is 26.3. The zero-order valence-corrected chi connectivity index (χ0v) is 12.9. The summed E-state index contributed by atoms with van der Waals surface area (Å²) in [6.07, 6.45) is 3.06. The van der Waals surface area contributed by atoms with E-state index in [9.17, 15) is 13.2 Å². The molecule has 3 rings (SSSR count). The lowest BCUT2D eigenvalue weighted by molar-refractivity contribution is 0.0954. The van der Waals surface area contributed by atoms with Crippen LogP contribution in [0.4, 0.5) is 0 Å². The summed E-state index contributed by atoms with van der Waals surface area (Å²) in [7, 11) is -3.53. The predicted molar refractivity (Wildman–Crippen MR) is 84.7 cm³/mol. The van der Waals surface area contributed by atoms with E-state index in [0.717, 1.165) is 0 Å². The number of hydrogen-bond acceptors (Lipinski definition) is 5. The lowest BCUT2D eigenvalue weighted by Crippen LogP contribution is -2.27. The van der Waals surface area contributed by atoms with E-state index >= 15 is 0 Å². The van der Waals surface area contributed by atoms with Gasteiger partial charge >= 0.3 is 0 Å². The standard InChI is InChI=1S/C15H14N4O3S/c20-15(11-4-3-7-16-10-11)18-9-8-17-14-12-5-1-2-6-13(12)23(21,22)19-14/h1-7,10H,8-9H2,(H,17,19)(H,18,20). The van der Waals surface area contributed by atoms with Crippen LogP contribution >= 0.6 is 0 Å². The van der Waals surface area contributed by atoms with Crippen molar-refractivity contribution >= 4 is 21.8 Å². The number of benzene rings is 1. The van der Waals surface area contributed by atoms with Crippen LogP contribution in [-0.4, -0.2) is 38.2 Å². The number of pyridine rings is 1. The number of sulfonamides is 1. The van der Waals surface area contributed by atoms with Crippen molar-refractivity contribution in [2.75, 3.05) is 13.1 Å². The molecule has 0 saturated carbocycles. The number of nitrogens with zero attached hydrogens (tertiary/aromatic N) is 2. The average Bonchev–Trinajstić information content (AvgIpc) is 2.83. The van der Waals surface area contributed by atoms with Gasteiger partial charge in [0.15, 0.2) is 0 Å². The van der Waals surface area contributed by atoms with Gasteiger partial charge in [-0.2, -0.15) is 0 Å². The molecule has 0 bridgehead atoms. The minimum atomic E-state index is -3.53. The van der Waals surface area contributed by atoms with Crippen LogP contribution in [0.5, 0.6) is 0 Å². The summed E-state index contributed by atoms with van der Waals surface area (Å²) in [6, 6.07) is 9.98. The van der Waals surface area contributed by atoms with Crippen molar-refractivity contribution in [1.29, 1.82) is 0 Å². The van der Waals surface area contributed by atoms with Crippen LogP contribution in [0.3, 0.4) is 0 Å². The average molecular weight is 330 g/mol. The molecule has 0 unspecified atom stereocenters. The molecule has 23 heavy (non-hydrogen) atoms. The van der Waals surface area contributed by atoms with Crippen molar-refractivity contribution < 1.29 is 13.2 Å². The number of hydrogen-bond donors (Lipinski definition) is 2. The molecule has 0 saturated heterocycles. The fraction of sp³-hybridized carbons (Fsp3) is 0.133. The maximum atomic E-state index is 11.9. The normalized spacial score (nSPS) is 16.6. The van der Waals surface area contributed by atoms with Crippen LogP contribution in [0.1, 0.15) is 15.9 Å². The van der Waals surface area contributed by atoms with Crippen LogP contribution in [0.2, 0.25) is 0 Å². The first-order valence-corrected chi connectivity index (χ1v) is 8.41. The Morgan fingerprint density at radius 2 is 2.04 bits per heavy atom. The molecule has 0 aliphatic carbocycles. The molecule has 0 atom stereocenters. The van der Waals surface area contributed by atoms with Crippen molar-refractivity contribution in [3.05, 3.63) is 59.9 Å². The second-order valence-corrected chi connectivity index (χ2v) is 6.48. The molecule has 118 valence electrons. The van der Waals surface area contributed by atoms with E-state index in [4.69, 9.17) is 0 Å². The van der Waals surface area contributed by atoms with Gasteiger partial charge < -0.3 is 5.32 Å². The lowest BCUT2D eigenvalue weighted by atomic mass is 10.2. The van der Waals surface area contributed by atoms with Gasteiger partial charge in [0.05, 0.1) is 17.0 Å².